The molecule has 1 fully saturated rings. The van der Waals surface area contributed by atoms with Crippen molar-refractivity contribution in [3.8, 4) is 11.5 Å². The first kappa shape index (κ1) is 14.0. The number of ether oxygens (including phenoxy) is 3. The van der Waals surface area contributed by atoms with Crippen LogP contribution in [0.3, 0.4) is 0 Å². The predicted octanol–water partition coefficient (Wildman–Crippen LogP) is 1.16. The van der Waals surface area contributed by atoms with Gasteiger partial charge < -0.3 is 24.8 Å². The summed E-state index contributed by atoms with van der Waals surface area (Å²) in [4.78, 5) is 11.7. The Morgan fingerprint density at radius 1 is 1.14 bits per heavy atom. The number of hydrogen-bond donors (Lipinski definition) is 2. The first-order chi connectivity index (χ1) is 10.3. The molecule has 2 amide bonds. The van der Waals surface area contributed by atoms with Gasteiger partial charge in [0.1, 0.15) is 6.61 Å². The summed E-state index contributed by atoms with van der Waals surface area (Å²) < 4.78 is 16.6. The molecule has 21 heavy (non-hydrogen) atoms. The number of benzene rings is 1. The fraction of sp³-hybridized carbons (Fsp3) is 0.533. The summed E-state index contributed by atoms with van der Waals surface area (Å²) in [7, 11) is 0. The lowest BCUT2D eigenvalue weighted by molar-refractivity contribution is 0.0917. The van der Waals surface area contributed by atoms with Crippen LogP contribution in [-0.4, -0.2) is 45.0 Å². The number of urea groups is 1. The van der Waals surface area contributed by atoms with Crippen LogP contribution in [0.4, 0.5) is 4.79 Å². The number of carbonyl (C=O) groups excluding carboxylic acids is 1. The van der Waals surface area contributed by atoms with Crippen molar-refractivity contribution < 1.29 is 19.0 Å². The zero-order valence-electron chi connectivity index (χ0n) is 11.8. The van der Waals surface area contributed by atoms with Crippen molar-refractivity contribution in [2.45, 2.75) is 12.5 Å². The van der Waals surface area contributed by atoms with Crippen LogP contribution in [0.2, 0.25) is 0 Å². The van der Waals surface area contributed by atoms with Crippen LogP contribution >= 0.6 is 0 Å². The summed E-state index contributed by atoms with van der Waals surface area (Å²) in [5, 5.41) is 5.67. The quantitative estimate of drug-likeness (QED) is 0.874. The molecule has 114 valence electrons. The standard InChI is InChI=1S/C15H20N2O4/c18-15(16-7-11-5-6-19-9-11)17-8-12-10-20-13-3-1-2-4-14(13)21-12/h1-4,11-12H,5-10H2,(H2,16,17,18). The molecule has 6 heteroatoms. The smallest absolute Gasteiger partial charge is 0.314 e. The molecular formula is C15H20N2O4. The summed E-state index contributed by atoms with van der Waals surface area (Å²) in [6.45, 7) is 3.03. The number of fused-ring (bicyclic) bond motifs is 1. The Kier molecular flexibility index (Phi) is 4.45. The van der Waals surface area contributed by atoms with Gasteiger partial charge in [0.25, 0.3) is 0 Å². The molecule has 2 aliphatic rings. The average Bonchev–Trinajstić information content (AvgIpc) is 3.04. The third-order valence-corrected chi connectivity index (χ3v) is 3.63. The molecule has 0 aliphatic carbocycles. The summed E-state index contributed by atoms with van der Waals surface area (Å²) in [5.74, 6) is 1.90. The van der Waals surface area contributed by atoms with Crippen molar-refractivity contribution in [1.82, 2.24) is 10.6 Å². The Labute approximate surface area is 123 Å². The van der Waals surface area contributed by atoms with E-state index in [0.717, 1.165) is 31.1 Å². The number of hydrogen-bond acceptors (Lipinski definition) is 4. The predicted molar refractivity (Wildman–Crippen MR) is 76.7 cm³/mol. The lowest BCUT2D eigenvalue weighted by atomic mass is 10.1. The maximum atomic E-state index is 11.7. The minimum atomic E-state index is -0.177. The molecule has 1 aromatic rings. The lowest BCUT2D eigenvalue weighted by Gasteiger charge is -2.26. The van der Waals surface area contributed by atoms with Crippen LogP contribution in [0.15, 0.2) is 24.3 Å². The van der Waals surface area contributed by atoms with Gasteiger partial charge in [0.05, 0.1) is 13.2 Å². The number of carbonyl (C=O) groups is 1. The maximum absolute atomic E-state index is 11.7. The maximum Gasteiger partial charge on any atom is 0.314 e. The van der Waals surface area contributed by atoms with Gasteiger partial charge in [-0.2, -0.15) is 0 Å². The van der Waals surface area contributed by atoms with Crippen LogP contribution in [0.1, 0.15) is 6.42 Å². The minimum absolute atomic E-state index is 0.166. The molecule has 2 N–H and O–H groups in total. The van der Waals surface area contributed by atoms with E-state index in [2.05, 4.69) is 10.6 Å². The molecule has 0 aromatic heterocycles. The molecule has 2 aliphatic heterocycles. The van der Waals surface area contributed by atoms with Gasteiger partial charge >= 0.3 is 6.03 Å². The van der Waals surface area contributed by atoms with Gasteiger partial charge in [-0.3, -0.25) is 0 Å². The molecule has 0 saturated carbocycles. The van der Waals surface area contributed by atoms with Crippen LogP contribution < -0.4 is 20.1 Å². The average molecular weight is 292 g/mol. The molecule has 2 heterocycles. The first-order valence-corrected chi connectivity index (χ1v) is 7.29. The van der Waals surface area contributed by atoms with Crippen LogP contribution in [0.5, 0.6) is 11.5 Å². The lowest BCUT2D eigenvalue weighted by Crippen LogP contribution is -2.45. The third kappa shape index (κ3) is 3.78. The molecule has 1 saturated heterocycles. The van der Waals surface area contributed by atoms with Crippen molar-refractivity contribution in [2.75, 3.05) is 32.9 Å². The normalized spacial score (nSPS) is 23.6. The van der Waals surface area contributed by atoms with Crippen LogP contribution in [0, 0.1) is 5.92 Å². The fourth-order valence-electron chi connectivity index (χ4n) is 2.41. The topological polar surface area (TPSA) is 68.8 Å². The second-order valence-corrected chi connectivity index (χ2v) is 5.32. The van der Waals surface area contributed by atoms with Gasteiger partial charge in [-0.25, -0.2) is 4.79 Å². The summed E-state index contributed by atoms with van der Waals surface area (Å²) >= 11 is 0. The molecule has 0 bridgehead atoms. The van der Waals surface area contributed by atoms with Gasteiger partial charge in [0.2, 0.25) is 0 Å². The van der Waals surface area contributed by atoms with E-state index in [-0.39, 0.29) is 12.1 Å². The van der Waals surface area contributed by atoms with E-state index in [9.17, 15) is 4.79 Å². The zero-order chi connectivity index (χ0) is 14.5. The van der Waals surface area contributed by atoms with Crippen molar-refractivity contribution in [3.05, 3.63) is 24.3 Å². The molecular weight excluding hydrogens is 272 g/mol. The highest BCUT2D eigenvalue weighted by atomic mass is 16.6. The second-order valence-electron chi connectivity index (χ2n) is 5.32. The highest BCUT2D eigenvalue weighted by molar-refractivity contribution is 5.73. The Morgan fingerprint density at radius 2 is 1.95 bits per heavy atom. The molecule has 6 nitrogen and oxygen atoms in total. The van der Waals surface area contributed by atoms with Crippen molar-refractivity contribution in [2.24, 2.45) is 5.92 Å². The second kappa shape index (κ2) is 6.67. The molecule has 2 unspecified atom stereocenters. The fourth-order valence-corrected chi connectivity index (χ4v) is 2.41. The van der Waals surface area contributed by atoms with E-state index >= 15 is 0 Å². The molecule has 1 aromatic carbocycles. The largest absolute Gasteiger partial charge is 0.486 e. The zero-order valence-corrected chi connectivity index (χ0v) is 11.8. The summed E-state index contributed by atoms with van der Waals surface area (Å²) in [6, 6.07) is 7.36. The number of rotatable bonds is 4. The van der Waals surface area contributed by atoms with Gasteiger partial charge in [0, 0.05) is 19.1 Å². The van der Waals surface area contributed by atoms with Crippen LogP contribution in [-0.2, 0) is 4.74 Å². The van der Waals surface area contributed by atoms with E-state index in [1.54, 1.807) is 0 Å². The molecule has 0 spiro atoms. The Bertz CT molecular complexity index is 488. The third-order valence-electron chi connectivity index (χ3n) is 3.63. The number of amides is 2. The number of para-hydroxylation sites is 2. The van der Waals surface area contributed by atoms with Gasteiger partial charge in [0.15, 0.2) is 17.6 Å². The Hall–Kier alpha value is -1.95. The first-order valence-electron chi connectivity index (χ1n) is 7.29. The van der Waals surface area contributed by atoms with Crippen molar-refractivity contribution >= 4 is 6.03 Å². The van der Waals surface area contributed by atoms with Gasteiger partial charge in [-0.15, -0.1) is 0 Å². The number of nitrogens with one attached hydrogen (secondary N) is 2. The van der Waals surface area contributed by atoms with Crippen molar-refractivity contribution in [1.29, 1.82) is 0 Å². The van der Waals surface area contributed by atoms with E-state index in [4.69, 9.17) is 14.2 Å². The molecule has 0 radical (unpaired) electrons. The van der Waals surface area contributed by atoms with E-state index in [1.807, 2.05) is 24.3 Å². The van der Waals surface area contributed by atoms with Gasteiger partial charge in [-0.05, 0) is 18.6 Å². The molecule has 2 atom stereocenters. The highest BCUT2D eigenvalue weighted by Gasteiger charge is 2.21. The summed E-state index contributed by atoms with van der Waals surface area (Å²) in [6.07, 6.45) is 0.844. The highest BCUT2D eigenvalue weighted by Crippen LogP contribution is 2.30. The Morgan fingerprint density at radius 3 is 2.76 bits per heavy atom. The molecule has 3 rings (SSSR count). The van der Waals surface area contributed by atoms with E-state index < -0.39 is 0 Å². The van der Waals surface area contributed by atoms with Crippen LogP contribution in [0.25, 0.3) is 0 Å². The van der Waals surface area contributed by atoms with E-state index in [0.29, 0.717) is 25.6 Å². The SMILES string of the molecule is O=C(NCC1CCOC1)NCC1COc2ccccc2O1. The monoisotopic (exact) mass is 292 g/mol. The Balaban J connectivity index is 1.38. The summed E-state index contributed by atoms with van der Waals surface area (Å²) in [5.41, 5.74) is 0. The van der Waals surface area contributed by atoms with E-state index in [1.165, 1.54) is 0 Å². The van der Waals surface area contributed by atoms with Crippen molar-refractivity contribution in [3.63, 3.8) is 0 Å². The minimum Gasteiger partial charge on any atom is -0.486 e. The van der Waals surface area contributed by atoms with Gasteiger partial charge in [-0.1, -0.05) is 12.1 Å².